The monoisotopic (exact) mass is 405 g/mol. The number of nitrogen functional groups attached to an aromatic ring is 1. The van der Waals surface area contributed by atoms with Gasteiger partial charge in [-0.05, 0) is 30.7 Å². The Morgan fingerprint density at radius 1 is 1.23 bits per heavy atom. The highest BCUT2D eigenvalue weighted by Gasteiger charge is 2.26. The predicted octanol–water partition coefficient (Wildman–Crippen LogP) is 2.34. The number of nitrogens with zero attached hydrogens (tertiary/aromatic N) is 5. The van der Waals surface area contributed by atoms with Gasteiger partial charge in [0, 0.05) is 23.1 Å². The molecule has 9 nitrogen and oxygen atoms in total. The van der Waals surface area contributed by atoms with Gasteiger partial charge in [-0.25, -0.2) is 24.3 Å². The molecule has 1 aliphatic heterocycles. The Bertz CT molecular complexity index is 1320. The maximum atomic E-state index is 14.9. The first kappa shape index (κ1) is 18.0. The van der Waals surface area contributed by atoms with Crippen molar-refractivity contribution in [1.29, 1.82) is 0 Å². The molecule has 1 aliphatic rings. The lowest BCUT2D eigenvalue weighted by molar-refractivity contribution is -0.122. The second-order valence-electron chi connectivity index (χ2n) is 6.87. The minimum Gasteiger partial charge on any atom is -0.421 e. The van der Waals surface area contributed by atoms with Crippen LogP contribution in [0, 0.1) is 12.7 Å². The molecule has 0 unspecified atom stereocenters. The Labute approximate surface area is 169 Å². The van der Waals surface area contributed by atoms with E-state index >= 15 is 0 Å². The smallest absolute Gasteiger partial charge is 0.322 e. The normalized spacial score (nSPS) is 13.2. The van der Waals surface area contributed by atoms with Gasteiger partial charge in [0.15, 0.2) is 11.6 Å². The van der Waals surface area contributed by atoms with Crippen LogP contribution in [0.25, 0.3) is 22.2 Å². The van der Waals surface area contributed by atoms with Crippen LogP contribution in [-0.4, -0.2) is 30.4 Å². The summed E-state index contributed by atoms with van der Waals surface area (Å²) >= 11 is 0. The van der Waals surface area contributed by atoms with Crippen molar-refractivity contribution in [1.82, 2.24) is 29.8 Å². The second kappa shape index (κ2) is 6.76. The number of fused-ring (bicyclic) bond motifs is 3. The third-order valence-electron chi connectivity index (χ3n) is 4.93. The Morgan fingerprint density at radius 3 is 2.90 bits per heavy atom. The highest BCUT2D eigenvalue weighted by Crippen LogP contribution is 2.39. The Kier molecular flexibility index (Phi) is 4.05. The lowest BCUT2D eigenvalue weighted by Gasteiger charge is -2.18. The topological polar surface area (TPSA) is 121 Å². The van der Waals surface area contributed by atoms with Crippen LogP contribution >= 0.6 is 0 Å². The van der Waals surface area contributed by atoms with E-state index in [0.717, 1.165) is 5.69 Å². The largest absolute Gasteiger partial charge is 0.421 e. The van der Waals surface area contributed by atoms with Gasteiger partial charge >= 0.3 is 6.01 Å². The molecule has 0 saturated carbocycles. The number of nitrogens with two attached hydrogens (primary N) is 1. The number of halogens is 1. The van der Waals surface area contributed by atoms with Crippen LogP contribution < -0.4 is 15.8 Å². The van der Waals surface area contributed by atoms with Gasteiger partial charge < -0.3 is 20.4 Å². The minimum atomic E-state index is -0.582. The van der Waals surface area contributed by atoms with Crippen molar-refractivity contribution in [2.45, 2.75) is 20.0 Å². The average molecular weight is 405 g/mol. The van der Waals surface area contributed by atoms with Crippen molar-refractivity contribution >= 4 is 22.8 Å². The molecule has 5 rings (SSSR count). The number of nitrogens with one attached hydrogen (secondary N) is 1. The molecule has 30 heavy (non-hydrogen) atoms. The van der Waals surface area contributed by atoms with Crippen LogP contribution in [0.2, 0.25) is 0 Å². The summed E-state index contributed by atoms with van der Waals surface area (Å²) in [6.07, 6.45) is 2.89. The third-order valence-corrected chi connectivity index (χ3v) is 4.93. The van der Waals surface area contributed by atoms with Crippen molar-refractivity contribution in [3.63, 3.8) is 0 Å². The van der Waals surface area contributed by atoms with Gasteiger partial charge in [0.1, 0.15) is 24.3 Å². The summed E-state index contributed by atoms with van der Waals surface area (Å²) in [6, 6.07) is 6.36. The maximum Gasteiger partial charge on any atom is 0.322 e. The number of carbonyl (C=O) groups excluding carboxylic acids is 1. The van der Waals surface area contributed by atoms with Crippen molar-refractivity contribution in [2.75, 3.05) is 5.73 Å². The van der Waals surface area contributed by atoms with E-state index < -0.39 is 5.82 Å². The number of aromatic nitrogens is 5. The maximum absolute atomic E-state index is 14.9. The van der Waals surface area contributed by atoms with Gasteiger partial charge in [-0.3, -0.25) is 4.79 Å². The van der Waals surface area contributed by atoms with Crippen LogP contribution in [0.5, 0.6) is 11.8 Å². The van der Waals surface area contributed by atoms with Gasteiger partial charge in [-0.15, -0.1) is 0 Å². The summed E-state index contributed by atoms with van der Waals surface area (Å²) < 4.78 is 22.2. The Hall–Kier alpha value is -4.08. The zero-order chi connectivity index (χ0) is 20.8. The van der Waals surface area contributed by atoms with Crippen molar-refractivity contribution in [2.24, 2.45) is 0 Å². The summed E-state index contributed by atoms with van der Waals surface area (Å²) in [5.74, 6) is -0.449. The van der Waals surface area contributed by atoms with E-state index in [-0.39, 0.29) is 36.6 Å². The van der Waals surface area contributed by atoms with Crippen LogP contribution in [-0.2, 0) is 17.9 Å². The molecule has 0 spiro atoms. The quantitative estimate of drug-likeness (QED) is 0.537. The number of amides is 1. The fraction of sp³-hybridized carbons (Fsp3) is 0.150. The molecule has 0 atom stereocenters. The molecule has 3 aromatic heterocycles. The fourth-order valence-corrected chi connectivity index (χ4v) is 3.60. The van der Waals surface area contributed by atoms with E-state index in [1.807, 2.05) is 0 Å². The van der Waals surface area contributed by atoms with Crippen LogP contribution in [0.4, 0.5) is 10.2 Å². The van der Waals surface area contributed by atoms with Crippen LogP contribution in [0.15, 0.2) is 36.8 Å². The Balaban J connectivity index is 1.63. The van der Waals surface area contributed by atoms with E-state index in [1.54, 1.807) is 29.8 Å². The molecule has 10 heteroatoms. The van der Waals surface area contributed by atoms with Gasteiger partial charge in [0.25, 0.3) is 0 Å². The number of hydrogen-bond donors (Lipinski definition) is 2. The van der Waals surface area contributed by atoms with Gasteiger partial charge in [-0.1, -0.05) is 6.07 Å². The van der Waals surface area contributed by atoms with Crippen LogP contribution in [0.1, 0.15) is 11.4 Å². The molecule has 4 heterocycles. The zero-order valence-electron chi connectivity index (χ0n) is 15.9. The predicted molar refractivity (Wildman–Crippen MR) is 106 cm³/mol. The van der Waals surface area contributed by atoms with E-state index in [1.165, 1.54) is 18.5 Å². The average Bonchev–Trinajstić information content (AvgIpc) is 3.05. The van der Waals surface area contributed by atoms with Crippen molar-refractivity contribution < 1.29 is 13.9 Å². The molecule has 0 fully saturated rings. The highest BCUT2D eigenvalue weighted by atomic mass is 19.1. The molecule has 1 aromatic carbocycles. The molecule has 0 radical (unpaired) electrons. The molecular weight excluding hydrogens is 389 g/mol. The van der Waals surface area contributed by atoms with E-state index in [9.17, 15) is 9.18 Å². The number of carbonyl (C=O) groups is 1. The fourth-order valence-electron chi connectivity index (χ4n) is 3.60. The van der Waals surface area contributed by atoms with E-state index in [0.29, 0.717) is 27.9 Å². The second-order valence-corrected chi connectivity index (χ2v) is 6.87. The molecular formula is C20H16FN7O2. The first-order valence-electron chi connectivity index (χ1n) is 9.17. The molecule has 4 aromatic rings. The molecule has 0 bridgehead atoms. The summed E-state index contributed by atoms with van der Waals surface area (Å²) in [4.78, 5) is 28.4. The molecule has 3 N–H and O–H groups in total. The lowest BCUT2D eigenvalue weighted by Crippen LogP contribution is -2.34. The molecule has 0 saturated heterocycles. The minimum absolute atomic E-state index is 0.000688. The summed E-state index contributed by atoms with van der Waals surface area (Å²) in [6.45, 7) is 2.18. The Morgan fingerprint density at radius 2 is 2.10 bits per heavy atom. The number of aryl methyl sites for hydroxylation is 1. The lowest BCUT2D eigenvalue weighted by atomic mass is 10.0. The van der Waals surface area contributed by atoms with E-state index in [2.05, 4.69) is 25.3 Å². The number of hydrogen-bond acceptors (Lipinski definition) is 7. The van der Waals surface area contributed by atoms with Crippen molar-refractivity contribution in [3.05, 3.63) is 54.0 Å². The summed E-state index contributed by atoms with van der Waals surface area (Å²) in [7, 11) is 0. The molecule has 150 valence electrons. The molecule has 1 amide bonds. The van der Waals surface area contributed by atoms with E-state index in [4.69, 9.17) is 10.5 Å². The zero-order valence-corrected chi connectivity index (χ0v) is 15.9. The number of rotatable bonds is 3. The first-order valence-corrected chi connectivity index (χ1v) is 9.17. The first-order chi connectivity index (χ1) is 14.5. The molecule has 0 aliphatic carbocycles. The summed E-state index contributed by atoms with van der Waals surface area (Å²) in [5.41, 5.74) is 9.40. The third kappa shape index (κ3) is 2.89. The van der Waals surface area contributed by atoms with Gasteiger partial charge in [0.05, 0.1) is 11.9 Å². The number of anilines is 1. The van der Waals surface area contributed by atoms with Gasteiger partial charge in [-0.2, -0.15) is 0 Å². The SMILES string of the molecule is Cc1ccnc(Oc2ccc(-c3c4n(c5ncnc(N)c35)CC(=O)NC4)cc2F)n1. The van der Waals surface area contributed by atoms with Crippen LogP contribution in [0.3, 0.4) is 0 Å². The highest BCUT2D eigenvalue weighted by molar-refractivity contribution is 6.03. The number of benzene rings is 1. The standard InChI is InChI=1S/C20H16FN7O2/c1-10-4-5-23-20(27-10)30-14-3-2-11(6-12(14)21)16-13-7-24-15(29)8-28(13)19-17(16)18(22)25-9-26-19/h2-6,9H,7-8H2,1H3,(H,24,29)(H2,22,25,26). The summed E-state index contributed by atoms with van der Waals surface area (Å²) in [5, 5.41) is 3.39. The van der Waals surface area contributed by atoms with Crippen molar-refractivity contribution in [3.8, 4) is 22.9 Å². The number of ether oxygens (including phenoxy) is 1. The van der Waals surface area contributed by atoms with Gasteiger partial charge in [0.2, 0.25) is 5.91 Å².